The van der Waals surface area contributed by atoms with Crippen LogP contribution in [0.4, 0.5) is 14.0 Å². The zero-order valence-electron chi connectivity index (χ0n) is 18.0. The molecule has 1 saturated heterocycles. The van der Waals surface area contributed by atoms with Crippen LogP contribution < -0.4 is 10.6 Å². The first-order chi connectivity index (χ1) is 14.5. The Balaban J connectivity index is 2.31. The van der Waals surface area contributed by atoms with Gasteiger partial charge in [0.05, 0.1) is 23.8 Å². The van der Waals surface area contributed by atoms with Gasteiger partial charge >= 0.3 is 12.1 Å². The van der Waals surface area contributed by atoms with Crippen LogP contribution in [0.25, 0.3) is 0 Å². The van der Waals surface area contributed by atoms with Crippen molar-refractivity contribution in [2.75, 3.05) is 32.1 Å². The lowest BCUT2D eigenvalue weighted by Gasteiger charge is -2.34. The number of amides is 3. The summed E-state index contributed by atoms with van der Waals surface area (Å²) in [6, 6.07) is 4.03. The molecule has 3 N–H and O–H groups in total. The fourth-order valence-electron chi connectivity index (χ4n) is 3.39. The number of urea groups is 1. The molecule has 1 fully saturated rings. The summed E-state index contributed by atoms with van der Waals surface area (Å²) in [6.07, 6.45) is -1.51. The molecule has 10 heteroatoms. The maximum absolute atomic E-state index is 14.2. The van der Waals surface area contributed by atoms with E-state index < -0.39 is 30.0 Å². The number of carbonyl (C=O) groups excluding carboxylic acids is 1. The minimum Gasteiger partial charge on any atom is -0.465 e. The number of hydrogen-bond donors (Lipinski definition) is 3. The molecule has 0 spiro atoms. The number of carbonyl (C=O) groups is 2. The molecule has 174 valence electrons. The minimum absolute atomic E-state index is 0.00903. The molecule has 2 rings (SSSR count). The molecule has 1 aliphatic rings. The SMILES string of the molecule is CC(C)(C)C1CN(C(=O)O)C[C@@H](CNC(=O)NCCCCl)[C@H](c2ccc(Cl)c(F)c2)O1. The van der Waals surface area contributed by atoms with Gasteiger partial charge in [-0.25, -0.2) is 14.0 Å². The maximum atomic E-state index is 14.2. The molecule has 1 aromatic rings. The lowest BCUT2D eigenvalue weighted by Crippen LogP contribution is -2.44. The third kappa shape index (κ3) is 7.40. The Hall–Kier alpha value is -1.77. The normalized spacial score (nSPS) is 22.0. The molecule has 1 unspecified atom stereocenters. The average molecular weight is 478 g/mol. The van der Waals surface area contributed by atoms with Crippen molar-refractivity contribution in [2.24, 2.45) is 11.3 Å². The van der Waals surface area contributed by atoms with E-state index in [1.54, 1.807) is 6.07 Å². The predicted molar refractivity (Wildman–Crippen MR) is 118 cm³/mol. The molecule has 0 bridgehead atoms. The topological polar surface area (TPSA) is 90.9 Å². The first-order valence-electron chi connectivity index (χ1n) is 10.2. The highest BCUT2D eigenvalue weighted by atomic mass is 35.5. The summed E-state index contributed by atoms with van der Waals surface area (Å²) in [5, 5.41) is 15.2. The summed E-state index contributed by atoms with van der Waals surface area (Å²) < 4.78 is 20.6. The third-order valence-corrected chi connectivity index (χ3v) is 5.78. The van der Waals surface area contributed by atoms with Gasteiger partial charge in [0.15, 0.2) is 0 Å². The first-order valence-corrected chi connectivity index (χ1v) is 11.1. The van der Waals surface area contributed by atoms with E-state index in [0.717, 1.165) is 0 Å². The van der Waals surface area contributed by atoms with E-state index >= 15 is 0 Å². The Morgan fingerprint density at radius 1 is 1.29 bits per heavy atom. The highest BCUT2D eigenvalue weighted by Gasteiger charge is 2.40. The number of hydrogen-bond acceptors (Lipinski definition) is 3. The molecule has 0 saturated carbocycles. The van der Waals surface area contributed by atoms with Crippen molar-refractivity contribution in [3.05, 3.63) is 34.6 Å². The van der Waals surface area contributed by atoms with Gasteiger partial charge in [0.25, 0.3) is 0 Å². The molecule has 1 aliphatic heterocycles. The van der Waals surface area contributed by atoms with Crippen molar-refractivity contribution in [3.8, 4) is 0 Å². The number of halogens is 3. The lowest BCUT2D eigenvalue weighted by atomic mass is 9.88. The summed E-state index contributed by atoms with van der Waals surface area (Å²) >= 11 is 11.5. The van der Waals surface area contributed by atoms with Gasteiger partial charge in [0, 0.05) is 31.4 Å². The van der Waals surface area contributed by atoms with Gasteiger partial charge in [-0.3, -0.25) is 0 Å². The molecule has 0 radical (unpaired) electrons. The molecule has 0 aromatic heterocycles. The van der Waals surface area contributed by atoms with Gasteiger partial charge < -0.3 is 25.4 Å². The van der Waals surface area contributed by atoms with Crippen LogP contribution in [0, 0.1) is 17.2 Å². The zero-order valence-corrected chi connectivity index (χ0v) is 19.5. The number of benzene rings is 1. The lowest BCUT2D eigenvalue weighted by molar-refractivity contribution is -0.0763. The van der Waals surface area contributed by atoms with E-state index in [-0.39, 0.29) is 36.1 Å². The van der Waals surface area contributed by atoms with Gasteiger partial charge in [-0.2, -0.15) is 0 Å². The van der Waals surface area contributed by atoms with Crippen molar-refractivity contribution in [1.29, 1.82) is 0 Å². The van der Waals surface area contributed by atoms with Crippen LogP contribution in [0.15, 0.2) is 18.2 Å². The van der Waals surface area contributed by atoms with Crippen LogP contribution in [0.5, 0.6) is 0 Å². The van der Waals surface area contributed by atoms with Gasteiger partial charge in [-0.15, -0.1) is 11.6 Å². The second-order valence-electron chi connectivity index (χ2n) is 8.71. The Morgan fingerprint density at radius 2 is 2.00 bits per heavy atom. The van der Waals surface area contributed by atoms with Crippen molar-refractivity contribution >= 4 is 35.3 Å². The molecular weight excluding hydrogens is 448 g/mol. The van der Waals surface area contributed by atoms with E-state index in [1.807, 2.05) is 20.8 Å². The molecule has 3 atom stereocenters. The number of nitrogens with one attached hydrogen (secondary N) is 2. The van der Waals surface area contributed by atoms with Crippen LogP contribution in [0.1, 0.15) is 38.9 Å². The van der Waals surface area contributed by atoms with E-state index in [9.17, 15) is 19.1 Å². The van der Waals surface area contributed by atoms with Crippen LogP contribution >= 0.6 is 23.2 Å². The second kappa shape index (κ2) is 11.2. The standard InChI is InChI=1S/C21H30Cl2FN3O4/c1-21(2,3)17-12-27(20(29)30)11-14(10-26-19(28)25-8-4-7-22)18(31-17)13-5-6-15(23)16(24)9-13/h5-6,9,14,17-18H,4,7-8,10-12H2,1-3H3,(H,29,30)(H2,25,26,28)/t14-,17?,18+/m1/s1. The van der Waals surface area contributed by atoms with Crippen molar-refractivity contribution in [1.82, 2.24) is 15.5 Å². The molecule has 3 amide bonds. The average Bonchev–Trinajstić information content (AvgIpc) is 2.89. The largest absolute Gasteiger partial charge is 0.465 e. The predicted octanol–water partition coefficient (Wildman–Crippen LogP) is 4.49. The van der Waals surface area contributed by atoms with Crippen LogP contribution in [0.3, 0.4) is 0 Å². The summed E-state index contributed by atoms with van der Waals surface area (Å²) in [6.45, 7) is 6.74. The summed E-state index contributed by atoms with van der Waals surface area (Å²) in [7, 11) is 0. The fraction of sp³-hybridized carbons (Fsp3) is 0.619. The van der Waals surface area contributed by atoms with E-state index in [0.29, 0.717) is 24.4 Å². The highest BCUT2D eigenvalue weighted by Crippen LogP contribution is 2.37. The minimum atomic E-state index is -1.07. The smallest absolute Gasteiger partial charge is 0.407 e. The fourth-order valence-corrected chi connectivity index (χ4v) is 3.64. The van der Waals surface area contributed by atoms with Gasteiger partial charge in [0.1, 0.15) is 5.82 Å². The van der Waals surface area contributed by atoms with Crippen LogP contribution in [-0.2, 0) is 4.74 Å². The highest BCUT2D eigenvalue weighted by molar-refractivity contribution is 6.30. The number of nitrogens with zero attached hydrogens (tertiary/aromatic N) is 1. The second-order valence-corrected chi connectivity index (χ2v) is 9.50. The summed E-state index contributed by atoms with van der Waals surface area (Å²) in [4.78, 5) is 25.3. The van der Waals surface area contributed by atoms with Crippen LogP contribution in [0.2, 0.25) is 5.02 Å². The number of carboxylic acid groups (broad SMARTS) is 1. The first kappa shape index (κ1) is 25.5. The van der Waals surface area contributed by atoms with Crippen LogP contribution in [-0.4, -0.2) is 60.3 Å². The molecule has 7 nitrogen and oxygen atoms in total. The van der Waals surface area contributed by atoms with E-state index in [1.165, 1.54) is 17.0 Å². The molecule has 0 aliphatic carbocycles. The number of alkyl halides is 1. The Labute approximate surface area is 192 Å². The zero-order chi connectivity index (χ0) is 23.2. The monoisotopic (exact) mass is 477 g/mol. The molecular formula is C21H30Cl2FN3O4. The number of rotatable bonds is 6. The van der Waals surface area contributed by atoms with Crippen molar-refractivity contribution in [2.45, 2.75) is 39.4 Å². The van der Waals surface area contributed by atoms with Crippen molar-refractivity contribution < 1.29 is 23.8 Å². The quantitative estimate of drug-likeness (QED) is 0.415. The number of ether oxygens (including phenoxy) is 1. The Bertz CT molecular complexity index is 775. The third-order valence-electron chi connectivity index (χ3n) is 5.21. The van der Waals surface area contributed by atoms with E-state index in [4.69, 9.17) is 27.9 Å². The van der Waals surface area contributed by atoms with Crippen molar-refractivity contribution in [3.63, 3.8) is 0 Å². The molecule has 1 aromatic carbocycles. The van der Waals surface area contributed by atoms with Gasteiger partial charge in [-0.05, 0) is 29.5 Å². The van der Waals surface area contributed by atoms with Gasteiger partial charge in [-0.1, -0.05) is 38.4 Å². The van der Waals surface area contributed by atoms with E-state index in [2.05, 4.69) is 10.6 Å². The maximum Gasteiger partial charge on any atom is 0.407 e. The molecule has 31 heavy (non-hydrogen) atoms. The van der Waals surface area contributed by atoms with Gasteiger partial charge in [0.2, 0.25) is 0 Å². The summed E-state index contributed by atoms with van der Waals surface area (Å²) in [5.74, 6) is -0.592. The Morgan fingerprint density at radius 3 is 2.58 bits per heavy atom. The summed E-state index contributed by atoms with van der Waals surface area (Å²) in [5.41, 5.74) is 0.177. The molecule has 1 heterocycles. The Kier molecular flexibility index (Phi) is 9.21.